The Morgan fingerprint density at radius 2 is 2.25 bits per heavy atom. The van der Waals surface area contributed by atoms with Gasteiger partial charge in [-0.15, -0.1) is 0 Å². The van der Waals surface area contributed by atoms with E-state index in [1.165, 1.54) is 0 Å². The van der Waals surface area contributed by atoms with E-state index >= 15 is 0 Å². The molecule has 1 aromatic rings. The zero-order valence-electron chi connectivity index (χ0n) is 10.6. The zero-order chi connectivity index (χ0) is 12.1. The topological polar surface area (TPSA) is 56.3 Å². The number of nitrogens with zero attached hydrogens (tertiary/aromatic N) is 3. The molecule has 0 fully saturated rings. The second-order valence-corrected chi connectivity index (χ2v) is 4.37. The molecule has 5 nitrogen and oxygen atoms in total. The summed E-state index contributed by atoms with van der Waals surface area (Å²) in [7, 11) is 5.76. The van der Waals surface area contributed by atoms with Crippen LogP contribution in [0.2, 0.25) is 0 Å². The molecule has 0 aromatic carbocycles. The van der Waals surface area contributed by atoms with E-state index in [2.05, 4.69) is 10.00 Å². The van der Waals surface area contributed by atoms with Crippen LogP contribution in [0, 0.1) is 0 Å². The van der Waals surface area contributed by atoms with E-state index in [1.54, 1.807) is 13.3 Å². The fraction of sp³-hybridized carbons (Fsp3) is 0.727. The lowest BCUT2D eigenvalue weighted by Gasteiger charge is -2.13. The standard InChI is InChI=1S/C11H22N4O/c1-9(12)7-10-11(16-4)8-13-15(10)6-5-14(2)3/h8-9H,5-7,12H2,1-4H3. The molecule has 0 saturated heterocycles. The van der Waals surface area contributed by atoms with Gasteiger partial charge in [0.15, 0.2) is 5.75 Å². The fourth-order valence-electron chi connectivity index (χ4n) is 1.56. The Bertz CT molecular complexity index is 320. The first-order valence-electron chi connectivity index (χ1n) is 5.53. The molecule has 1 heterocycles. The first-order chi connectivity index (χ1) is 7.54. The Balaban J connectivity index is 2.78. The molecule has 2 N–H and O–H groups in total. The molecular formula is C11H22N4O. The second kappa shape index (κ2) is 5.86. The van der Waals surface area contributed by atoms with Crippen molar-refractivity contribution in [2.75, 3.05) is 27.7 Å². The molecule has 1 atom stereocenters. The van der Waals surface area contributed by atoms with Gasteiger partial charge in [-0.25, -0.2) is 0 Å². The van der Waals surface area contributed by atoms with E-state index in [1.807, 2.05) is 25.7 Å². The Morgan fingerprint density at radius 1 is 1.56 bits per heavy atom. The largest absolute Gasteiger partial charge is 0.493 e. The van der Waals surface area contributed by atoms with Crippen molar-refractivity contribution < 1.29 is 4.74 Å². The molecule has 1 aromatic heterocycles. The summed E-state index contributed by atoms with van der Waals surface area (Å²) in [5, 5.41) is 4.32. The molecule has 0 saturated carbocycles. The summed E-state index contributed by atoms with van der Waals surface area (Å²) in [6, 6.07) is 0.115. The predicted octanol–water partition coefficient (Wildman–Crippen LogP) is 0.343. The molecule has 0 aliphatic rings. The molecule has 1 unspecified atom stereocenters. The molecule has 0 bridgehead atoms. The molecule has 5 heteroatoms. The SMILES string of the molecule is COc1cnn(CCN(C)C)c1CC(C)N. The van der Waals surface area contributed by atoms with Crippen molar-refractivity contribution in [3.8, 4) is 5.75 Å². The second-order valence-electron chi connectivity index (χ2n) is 4.37. The summed E-state index contributed by atoms with van der Waals surface area (Å²) < 4.78 is 7.26. The first-order valence-corrected chi connectivity index (χ1v) is 5.53. The van der Waals surface area contributed by atoms with Crippen molar-refractivity contribution in [1.29, 1.82) is 0 Å². The molecule has 0 aliphatic carbocycles. The molecule has 0 radical (unpaired) electrons. The lowest BCUT2D eigenvalue weighted by Crippen LogP contribution is -2.24. The van der Waals surface area contributed by atoms with Gasteiger partial charge in [-0.3, -0.25) is 4.68 Å². The van der Waals surface area contributed by atoms with E-state index in [0.717, 1.165) is 31.0 Å². The number of hydrogen-bond acceptors (Lipinski definition) is 4. The van der Waals surface area contributed by atoms with Crippen molar-refractivity contribution in [2.24, 2.45) is 5.73 Å². The molecule has 1 rings (SSSR count). The van der Waals surface area contributed by atoms with E-state index in [0.29, 0.717) is 0 Å². The van der Waals surface area contributed by atoms with Gasteiger partial charge >= 0.3 is 0 Å². The van der Waals surface area contributed by atoms with Gasteiger partial charge in [-0.1, -0.05) is 0 Å². The summed E-state index contributed by atoms with van der Waals surface area (Å²) >= 11 is 0. The monoisotopic (exact) mass is 226 g/mol. The number of methoxy groups -OCH3 is 1. The highest BCUT2D eigenvalue weighted by Gasteiger charge is 2.12. The maximum Gasteiger partial charge on any atom is 0.159 e. The van der Waals surface area contributed by atoms with Crippen LogP contribution in [0.1, 0.15) is 12.6 Å². The maximum atomic E-state index is 5.82. The summed E-state index contributed by atoms with van der Waals surface area (Å²) in [6.45, 7) is 3.80. The van der Waals surface area contributed by atoms with Gasteiger partial charge < -0.3 is 15.4 Å². The van der Waals surface area contributed by atoms with Gasteiger partial charge in [0.2, 0.25) is 0 Å². The Hall–Kier alpha value is -1.07. The van der Waals surface area contributed by atoms with Crippen LogP contribution in [0.3, 0.4) is 0 Å². The van der Waals surface area contributed by atoms with Crippen LogP contribution in [0.25, 0.3) is 0 Å². The number of likely N-dealkylation sites (N-methyl/N-ethyl adjacent to an activating group) is 1. The van der Waals surface area contributed by atoms with Crippen LogP contribution in [0.15, 0.2) is 6.20 Å². The van der Waals surface area contributed by atoms with Gasteiger partial charge in [0.1, 0.15) is 0 Å². The first kappa shape index (κ1) is 13.0. The van der Waals surface area contributed by atoms with Crippen LogP contribution < -0.4 is 10.5 Å². The smallest absolute Gasteiger partial charge is 0.159 e. The maximum absolute atomic E-state index is 5.82. The molecule has 16 heavy (non-hydrogen) atoms. The lowest BCUT2D eigenvalue weighted by atomic mass is 10.2. The Morgan fingerprint density at radius 3 is 2.75 bits per heavy atom. The van der Waals surface area contributed by atoms with Crippen molar-refractivity contribution in [2.45, 2.75) is 25.9 Å². The number of ether oxygens (including phenoxy) is 1. The van der Waals surface area contributed by atoms with Crippen LogP contribution in [-0.2, 0) is 13.0 Å². The predicted molar refractivity (Wildman–Crippen MR) is 64.7 cm³/mol. The number of rotatable bonds is 6. The van der Waals surface area contributed by atoms with Crippen LogP contribution in [-0.4, -0.2) is 48.5 Å². The molecule has 0 spiro atoms. The molecular weight excluding hydrogens is 204 g/mol. The van der Waals surface area contributed by atoms with E-state index in [9.17, 15) is 0 Å². The van der Waals surface area contributed by atoms with E-state index < -0.39 is 0 Å². The van der Waals surface area contributed by atoms with Crippen molar-refractivity contribution >= 4 is 0 Å². The molecule has 92 valence electrons. The van der Waals surface area contributed by atoms with Crippen molar-refractivity contribution in [3.05, 3.63) is 11.9 Å². The number of hydrogen-bond donors (Lipinski definition) is 1. The third-order valence-electron chi connectivity index (χ3n) is 2.40. The third-order valence-corrected chi connectivity index (χ3v) is 2.40. The number of nitrogens with two attached hydrogens (primary N) is 1. The summed E-state index contributed by atoms with van der Waals surface area (Å²) in [5.74, 6) is 0.830. The van der Waals surface area contributed by atoms with Crippen LogP contribution in [0.4, 0.5) is 0 Å². The average molecular weight is 226 g/mol. The summed E-state index contributed by atoms with van der Waals surface area (Å²) in [4.78, 5) is 2.13. The van der Waals surface area contributed by atoms with Gasteiger partial charge in [0.25, 0.3) is 0 Å². The summed E-state index contributed by atoms with van der Waals surface area (Å²) in [6.07, 6.45) is 2.55. The fourth-order valence-corrected chi connectivity index (χ4v) is 1.56. The lowest BCUT2D eigenvalue weighted by molar-refractivity contribution is 0.364. The highest BCUT2D eigenvalue weighted by molar-refractivity contribution is 5.25. The zero-order valence-corrected chi connectivity index (χ0v) is 10.6. The van der Waals surface area contributed by atoms with Crippen molar-refractivity contribution in [3.63, 3.8) is 0 Å². The number of aromatic nitrogens is 2. The highest BCUT2D eigenvalue weighted by Crippen LogP contribution is 2.18. The third kappa shape index (κ3) is 3.50. The van der Waals surface area contributed by atoms with Crippen molar-refractivity contribution in [1.82, 2.24) is 14.7 Å². The van der Waals surface area contributed by atoms with Crippen LogP contribution in [0.5, 0.6) is 5.75 Å². The van der Waals surface area contributed by atoms with Gasteiger partial charge in [-0.2, -0.15) is 5.10 Å². The molecule has 0 amide bonds. The van der Waals surface area contributed by atoms with Gasteiger partial charge in [-0.05, 0) is 21.0 Å². The summed E-state index contributed by atoms with van der Waals surface area (Å²) in [5.41, 5.74) is 6.91. The average Bonchev–Trinajstić information content (AvgIpc) is 2.56. The normalized spacial score (nSPS) is 13.1. The quantitative estimate of drug-likeness (QED) is 0.760. The van der Waals surface area contributed by atoms with Gasteiger partial charge in [0, 0.05) is 19.0 Å². The van der Waals surface area contributed by atoms with Crippen LogP contribution >= 0.6 is 0 Å². The Kier molecular flexibility index (Phi) is 4.76. The van der Waals surface area contributed by atoms with E-state index in [4.69, 9.17) is 10.5 Å². The van der Waals surface area contributed by atoms with Gasteiger partial charge in [0.05, 0.1) is 25.5 Å². The Labute approximate surface area is 97.2 Å². The minimum atomic E-state index is 0.115. The minimum absolute atomic E-state index is 0.115. The molecule has 0 aliphatic heterocycles. The van der Waals surface area contributed by atoms with E-state index in [-0.39, 0.29) is 6.04 Å². The minimum Gasteiger partial charge on any atom is -0.493 e. The highest BCUT2D eigenvalue weighted by atomic mass is 16.5.